The Morgan fingerprint density at radius 3 is 2.61 bits per heavy atom. The molecule has 0 saturated heterocycles. The van der Waals surface area contributed by atoms with Crippen molar-refractivity contribution >= 4 is 50.9 Å². The Hall–Kier alpha value is -2.25. The fourth-order valence-corrected chi connectivity index (χ4v) is 2.20. The van der Waals surface area contributed by atoms with Crippen LogP contribution in [0.1, 0.15) is 5.56 Å². The lowest BCUT2D eigenvalue weighted by Crippen LogP contribution is -2.43. The van der Waals surface area contributed by atoms with E-state index in [1.54, 1.807) is 12.1 Å². The van der Waals surface area contributed by atoms with Crippen molar-refractivity contribution in [1.29, 1.82) is 0 Å². The van der Waals surface area contributed by atoms with E-state index >= 15 is 0 Å². The van der Waals surface area contributed by atoms with Crippen LogP contribution in [0.15, 0.2) is 59.1 Å². The average Bonchev–Trinajstić information content (AvgIpc) is 2.54. The molecule has 0 atom stereocenters. The molecule has 4 nitrogen and oxygen atoms in total. The second-order valence-electron chi connectivity index (χ2n) is 4.43. The maximum atomic E-state index is 13.5. The lowest BCUT2D eigenvalue weighted by molar-refractivity contribution is -0.116. The van der Waals surface area contributed by atoms with Gasteiger partial charge in [-0.05, 0) is 48.6 Å². The quantitative estimate of drug-likeness (QED) is 0.423. The summed E-state index contributed by atoms with van der Waals surface area (Å²) in [4.78, 5) is 11.7. The topological polar surface area (TPSA) is 53.2 Å². The van der Waals surface area contributed by atoms with Crippen LogP contribution in [-0.4, -0.2) is 11.0 Å². The summed E-state index contributed by atoms with van der Waals surface area (Å²) in [6.45, 7) is 0. The van der Waals surface area contributed by atoms with Gasteiger partial charge in [0, 0.05) is 21.8 Å². The molecule has 0 fully saturated rings. The summed E-state index contributed by atoms with van der Waals surface area (Å²) in [6, 6.07) is 13.8. The third kappa shape index (κ3) is 5.80. The van der Waals surface area contributed by atoms with Gasteiger partial charge in [0.05, 0.1) is 0 Å². The Morgan fingerprint density at radius 2 is 1.87 bits per heavy atom. The smallest absolute Gasteiger partial charge is 0.262 e. The van der Waals surface area contributed by atoms with Crippen LogP contribution in [0, 0.1) is 5.82 Å². The molecule has 0 aliphatic heterocycles. The number of para-hydroxylation sites is 1. The second-order valence-corrected chi connectivity index (χ2v) is 5.76. The van der Waals surface area contributed by atoms with E-state index in [-0.39, 0.29) is 5.11 Å². The highest BCUT2D eigenvalue weighted by Crippen LogP contribution is 2.16. The van der Waals surface area contributed by atoms with E-state index in [9.17, 15) is 9.18 Å². The van der Waals surface area contributed by atoms with Gasteiger partial charge < -0.3 is 5.32 Å². The van der Waals surface area contributed by atoms with E-state index in [1.807, 2.05) is 30.3 Å². The minimum absolute atomic E-state index is 0.242. The van der Waals surface area contributed by atoms with Gasteiger partial charge in [0.1, 0.15) is 5.82 Å². The number of nitrogens with one attached hydrogen (secondary N) is 3. The zero-order chi connectivity index (χ0) is 16.7. The maximum absolute atomic E-state index is 13.5. The molecule has 3 N–H and O–H groups in total. The Labute approximate surface area is 146 Å². The summed E-state index contributed by atoms with van der Waals surface area (Å²) in [6.07, 6.45) is 2.59. The van der Waals surface area contributed by atoms with Crippen LogP contribution in [0.25, 0.3) is 6.08 Å². The second kappa shape index (κ2) is 8.40. The molecule has 23 heavy (non-hydrogen) atoms. The lowest BCUT2D eigenvalue weighted by Gasteiger charge is -2.10. The number of thiocarbonyl (C=S) groups is 1. The molecular weight excluding hydrogens is 381 g/mol. The number of halogens is 2. The first-order valence-electron chi connectivity index (χ1n) is 6.60. The molecule has 0 heterocycles. The summed E-state index contributed by atoms with van der Waals surface area (Å²) in [7, 11) is 0. The predicted octanol–water partition coefficient (Wildman–Crippen LogP) is 3.62. The Bertz CT molecular complexity index is 737. The zero-order valence-corrected chi connectivity index (χ0v) is 14.2. The van der Waals surface area contributed by atoms with Gasteiger partial charge in [-0.3, -0.25) is 15.6 Å². The monoisotopic (exact) mass is 393 g/mol. The molecule has 2 aromatic rings. The van der Waals surface area contributed by atoms with Gasteiger partial charge in [0.25, 0.3) is 5.91 Å². The van der Waals surface area contributed by atoms with Crippen LogP contribution < -0.4 is 16.2 Å². The standard InChI is InChI=1S/C16H13BrFN3OS/c17-12-7-8-14(18)11(10-12)6-9-15(22)20-21-16(23)19-13-4-2-1-3-5-13/h1-10H,(H,20,22)(H2,19,21,23)/b9-6+. The normalized spacial score (nSPS) is 10.3. The first-order valence-corrected chi connectivity index (χ1v) is 7.80. The van der Waals surface area contributed by atoms with Gasteiger partial charge in [-0.15, -0.1) is 0 Å². The Balaban J connectivity index is 1.84. The third-order valence-corrected chi connectivity index (χ3v) is 3.40. The van der Waals surface area contributed by atoms with E-state index in [0.29, 0.717) is 5.56 Å². The fraction of sp³-hybridized carbons (Fsp3) is 0. The molecule has 118 valence electrons. The van der Waals surface area contributed by atoms with Crippen molar-refractivity contribution in [3.05, 3.63) is 70.5 Å². The molecule has 0 unspecified atom stereocenters. The number of benzene rings is 2. The molecule has 0 aliphatic rings. The van der Waals surface area contributed by atoms with Crippen molar-refractivity contribution in [3.63, 3.8) is 0 Å². The Kier molecular flexibility index (Phi) is 6.25. The number of amides is 1. The number of anilines is 1. The van der Waals surface area contributed by atoms with Crippen LogP contribution in [0.2, 0.25) is 0 Å². The van der Waals surface area contributed by atoms with Crippen LogP contribution >= 0.6 is 28.1 Å². The molecule has 0 radical (unpaired) electrons. The average molecular weight is 394 g/mol. The first kappa shape index (κ1) is 17.1. The summed E-state index contributed by atoms with van der Waals surface area (Å²) < 4.78 is 14.3. The maximum Gasteiger partial charge on any atom is 0.262 e. The van der Waals surface area contributed by atoms with Crippen LogP contribution in [-0.2, 0) is 4.79 Å². The highest BCUT2D eigenvalue weighted by molar-refractivity contribution is 9.10. The van der Waals surface area contributed by atoms with Gasteiger partial charge in [0.2, 0.25) is 0 Å². The molecule has 1 amide bonds. The number of carbonyl (C=O) groups is 1. The van der Waals surface area contributed by atoms with Gasteiger partial charge >= 0.3 is 0 Å². The fourth-order valence-electron chi connectivity index (χ4n) is 1.65. The molecule has 0 aromatic heterocycles. The lowest BCUT2D eigenvalue weighted by atomic mass is 10.2. The molecule has 0 bridgehead atoms. The number of rotatable bonds is 3. The molecule has 2 aromatic carbocycles. The van der Waals surface area contributed by atoms with Gasteiger partial charge in [-0.25, -0.2) is 4.39 Å². The largest absolute Gasteiger partial charge is 0.331 e. The SMILES string of the molecule is O=C(/C=C/c1cc(Br)ccc1F)NNC(=S)Nc1ccccc1. The number of hydrogen-bond donors (Lipinski definition) is 3. The molecule has 0 aliphatic carbocycles. The minimum atomic E-state index is -0.457. The predicted molar refractivity (Wildman–Crippen MR) is 97.1 cm³/mol. The van der Waals surface area contributed by atoms with Gasteiger partial charge in [-0.1, -0.05) is 34.1 Å². The van der Waals surface area contributed by atoms with Crippen LogP contribution in [0.4, 0.5) is 10.1 Å². The molecule has 2 rings (SSSR count). The zero-order valence-electron chi connectivity index (χ0n) is 11.8. The van der Waals surface area contributed by atoms with Crippen LogP contribution in [0.5, 0.6) is 0 Å². The van der Waals surface area contributed by atoms with Crippen LogP contribution in [0.3, 0.4) is 0 Å². The van der Waals surface area contributed by atoms with Crippen molar-refractivity contribution in [3.8, 4) is 0 Å². The molecule has 0 spiro atoms. The number of hydrazine groups is 1. The van der Waals surface area contributed by atoms with E-state index in [2.05, 4.69) is 32.1 Å². The summed E-state index contributed by atoms with van der Waals surface area (Å²) >= 11 is 8.29. The van der Waals surface area contributed by atoms with E-state index in [1.165, 1.54) is 18.2 Å². The van der Waals surface area contributed by atoms with Crippen molar-refractivity contribution in [2.75, 3.05) is 5.32 Å². The molecular formula is C16H13BrFN3OS. The van der Waals surface area contributed by atoms with E-state index < -0.39 is 11.7 Å². The highest BCUT2D eigenvalue weighted by atomic mass is 79.9. The third-order valence-electron chi connectivity index (χ3n) is 2.70. The van der Waals surface area contributed by atoms with Gasteiger partial charge in [-0.2, -0.15) is 0 Å². The highest BCUT2D eigenvalue weighted by Gasteiger charge is 2.01. The number of carbonyl (C=O) groups excluding carboxylic acids is 1. The minimum Gasteiger partial charge on any atom is -0.331 e. The summed E-state index contributed by atoms with van der Waals surface area (Å²) in [5.41, 5.74) is 6.06. The van der Waals surface area contributed by atoms with Gasteiger partial charge in [0.15, 0.2) is 5.11 Å². The summed E-state index contributed by atoms with van der Waals surface area (Å²) in [5, 5.41) is 3.15. The van der Waals surface area contributed by atoms with Crippen molar-refractivity contribution in [2.45, 2.75) is 0 Å². The molecule has 7 heteroatoms. The van der Waals surface area contributed by atoms with Crippen molar-refractivity contribution in [2.24, 2.45) is 0 Å². The van der Waals surface area contributed by atoms with E-state index in [0.717, 1.165) is 10.2 Å². The number of hydrogen-bond acceptors (Lipinski definition) is 2. The summed E-state index contributed by atoms with van der Waals surface area (Å²) in [5.74, 6) is -0.868. The van der Waals surface area contributed by atoms with Crippen molar-refractivity contribution < 1.29 is 9.18 Å². The Morgan fingerprint density at radius 1 is 1.13 bits per heavy atom. The van der Waals surface area contributed by atoms with E-state index in [4.69, 9.17) is 12.2 Å². The van der Waals surface area contributed by atoms with Crippen molar-refractivity contribution in [1.82, 2.24) is 10.9 Å². The molecule has 0 saturated carbocycles. The first-order chi connectivity index (χ1) is 11.0.